The number of rotatable bonds is 4. The van der Waals surface area contributed by atoms with Gasteiger partial charge in [-0.1, -0.05) is 12.1 Å². The van der Waals surface area contributed by atoms with Crippen LogP contribution >= 0.6 is 0 Å². The Morgan fingerprint density at radius 1 is 1.08 bits per heavy atom. The minimum absolute atomic E-state index is 0.102. The molecule has 0 fully saturated rings. The summed E-state index contributed by atoms with van der Waals surface area (Å²) in [6.07, 6.45) is 0.626. The van der Waals surface area contributed by atoms with Crippen LogP contribution in [0.1, 0.15) is 17.5 Å². The Bertz CT molecular complexity index is 909. The summed E-state index contributed by atoms with van der Waals surface area (Å²) in [5, 5.41) is 25.2. The van der Waals surface area contributed by atoms with Crippen LogP contribution < -0.4 is 10.1 Å². The lowest BCUT2D eigenvalue weighted by atomic mass is 10.0. The molecule has 9 heteroatoms. The summed E-state index contributed by atoms with van der Waals surface area (Å²) in [5.74, 6) is -0.469. The molecular weight excluding hydrogens is 330 g/mol. The second kappa shape index (κ2) is 6.19. The van der Waals surface area contributed by atoms with Crippen molar-refractivity contribution in [2.45, 2.75) is 19.8 Å². The zero-order chi connectivity index (χ0) is 18.1. The third-order valence-corrected chi connectivity index (χ3v) is 3.88. The van der Waals surface area contributed by atoms with Crippen LogP contribution in [0, 0.1) is 27.2 Å². The summed E-state index contributed by atoms with van der Waals surface area (Å²) in [6.45, 7) is 1.55. The largest absolute Gasteiger partial charge is 0.443 e. The maximum absolute atomic E-state index is 11.5. The number of nitro benzene ring substituents is 2. The van der Waals surface area contributed by atoms with Gasteiger partial charge in [-0.15, -0.1) is 0 Å². The second-order valence-corrected chi connectivity index (χ2v) is 5.56. The molecule has 0 aromatic heterocycles. The van der Waals surface area contributed by atoms with E-state index in [0.717, 1.165) is 0 Å². The molecule has 0 saturated carbocycles. The van der Waals surface area contributed by atoms with Crippen molar-refractivity contribution in [3.63, 3.8) is 0 Å². The molecule has 1 aliphatic heterocycles. The highest BCUT2D eigenvalue weighted by Gasteiger charge is 2.26. The van der Waals surface area contributed by atoms with Gasteiger partial charge in [0.2, 0.25) is 17.4 Å². The summed E-state index contributed by atoms with van der Waals surface area (Å²) in [4.78, 5) is 32.9. The number of hydrogen-bond acceptors (Lipinski definition) is 6. The number of nitrogens with zero attached hydrogens (tertiary/aromatic N) is 2. The second-order valence-electron chi connectivity index (χ2n) is 5.56. The Kier molecular flexibility index (Phi) is 4.05. The lowest BCUT2D eigenvalue weighted by Gasteiger charge is -2.18. The number of fused-ring (bicyclic) bond motifs is 1. The number of amides is 1. The average Bonchev–Trinajstić information content (AvgIpc) is 2.53. The summed E-state index contributed by atoms with van der Waals surface area (Å²) in [6, 6.07) is 7.13. The lowest BCUT2D eigenvalue weighted by Crippen LogP contribution is -2.19. The number of benzene rings is 2. The van der Waals surface area contributed by atoms with Crippen LogP contribution in [0.2, 0.25) is 0 Å². The van der Waals surface area contributed by atoms with Gasteiger partial charge in [0.1, 0.15) is 0 Å². The van der Waals surface area contributed by atoms with E-state index < -0.39 is 9.85 Å². The number of ether oxygens (including phenoxy) is 1. The van der Waals surface area contributed by atoms with Gasteiger partial charge in [-0.3, -0.25) is 25.0 Å². The minimum Gasteiger partial charge on any atom is -0.443 e. The molecule has 2 aromatic carbocycles. The first-order valence-electron chi connectivity index (χ1n) is 7.40. The fourth-order valence-electron chi connectivity index (χ4n) is 2.69. The van der Waals surface area contributed by atoms with Crippen molar-refractivity contribution in [2.75, 3.05) is 5.32 Å². The number of para-hydroxylation sites is 1. The van der Waals surface area contributed by atoms with Crippen LogP contribution in [0.5, 0.6) is 11.5 Å². The van der Waals surface area contributed by atoms with E-state index in [4.69, 9.17) is 4.74 Å². The van der Waals surface area contributed by atoms with Gasteiger partial charge < -0.3 is 10.1 Å². The zero-order valence-corrected chi connectivity index (χ0v) is 13.1. The molecule has 1 aliphatic rings. The van der Waals surface area contributed by atoms with E-state index in [1.807, 2.05) is 0 Å². The molecule has 3 rings (SSSR count). The van der Waals surface area contributed by atoms with Gasteiger partial charge >= 0.3 is 11.4 Å². The molecule has 25 heavy (non-hydrogen) atoms. The monoisotopic (exact) mass is 343 g/mol. The normalized spacial score (nSPS) is 12.9. The third-order valence-electron chi connectivity index (χ3n) is 3.88. The first-order valence-corrected chi connectivity index (χ1v) is 7.40. The molecule has 0 atom stereocenters. The van der Waals surface area contributed by atoms with Gasteiger partial charge in [-0.2, -0.15) is 0 Å². The first kappa shape index (κ1) is 16.4. The summed E-state index contributed by atoms with van der Waals surface area (Å²) in [5.41, 5.74) is 0.824. The highest BCUT2D eigenvalue weighted by Crippen LogP contribution is 2.41. The number of aryl methyl sites for hydroxylation is 2. The van der Waals surface area contributed by atoms with Gasteiger partial charge in [0.05, 0.1) is 9.85 Å². The number of carbonyl (C=O) groups is 1. The molecule has 0 saturated heterocycles. The summed E-state index contributed by atoms with van der Waals surface area (Å²) < 4.78 is 5.51. The van der Waals surface area contributed by atoms with Crippen molar-refractivity contribution >= 4 is 23.0 Å². The van der Waals surface area contributed by atoms with Crippen LogP contribution in [0.3, 0.4) is 0 Å². The van der Waals surface area contributed by atoms with E-state index in [1.165, 1.54) is 18.2 Å². The molecule has 0 radical (unpaired) electrons. The lowest BCUT2D eigenvalue weighted by molar-refractivity contribution is -0.387. The van der Waals surface area contributed by atoms with E-state index in [-0.39, 0.29) is 35.2 Å². The number of carbonyl (C=O) groups excluding carboxylic acids is 1. The fraction of sp³-hybridized carbons (Fsp3) is 0.188. The number of hydrogen-bond donors (Lipinski definition) is 1. The predicted octanol–water partition coefficient (Wildman–Crippen LogP) is 3.49. The summed E-state index contributed by atoms with van der Waals surface area (Å²) in [7, 11) is 0. The molecule has 0 aliphatic carbocycles. The molecule has 2 aromatic rings. The topological polar surface area (TPSA) is 125 Å². The van der Waals surface area contributed by atoms with Crippen molar-refractivity contribution in [3.05, 3.63) is 61.7 Å². The van der Waals surface area contributed by atoms with Crippen molar-refractivity contribution < 1.29 is 19.4 Å². The first-order chi connectivity index (χ1) is 11.9. The summed E-state index contributed by atoms with van der Waals surface area (Å²) >= 11 is 0. The Hall–Kier alpha value is -3.49. The minimum atomic E-state index is -0.617. The number of nitrogens with one attached hydrogen (secondary N) is 1. The Labute approximate surface area is 141 Å². The Morgan fingerprint density at radius 2 is 1.84 bits per heavy atom. The van der Waals surface area contributed by atoms with Crippen molar-refractivity contribution in [1.29, 1.82) is 0 Å². The Balaban J connectivity index is 2.10. The molecule has 0 spiro atoms. The van der Waals surface area contributed by atoms with E-state index in [2.05, 4.69) is 5.32 Å². The standard InChI is InChI=1S/C16H13N3O6/c1-9-3-2-4-13(16(9)19(23)24)25-14-8-11-10(5-6-15(20)17-11)7-12(14)18(21)22/h2-4,7-8H,5-6H2,1H3,(H,17,20). The van der Waals surface area contributed by atoms with Crippen molar-refractivity contribution in [2.24, 2.45) is 0 Å². The fourth-order valence-corrected chi connectivity index (χ4v) is 2.69. The van der Waals surface area contributed by atoms with Crippen LogP contribution in [0.4, 0.5) is 17.1 Å². The maximum atomic E-state index is 11.5. The van der Waals surface area contributed by atoms with E-state index in [9.17, 15) is 25.0 Å². The molecule has 0 bridgehead atoms. The van der Waals surface area contributed by atoms with E-state index in [0.29, 0.717) is 23.2 Å². The third kappa shape index (κ3) is 3.11. The molecule has 1 amide bonds. The SMILES string of the molecule is Cc1cccc(Oc2cc3c(cc2[N+](=O)[O-])CCC(=O)N3)c1[N+](=O)[O-]. The smallest absolute Gasteiger partial charge is 0.314 e. The molecular formula is C16H13N3O6. The predicted molar refractivity (Wildman–Crippen MR) is 88.0 cm³/mol. The molecule has 0 unspecified atom stereocenters. The van der Waals surface area contributed by atoms with Gasteiger partial charge in [0.25, 0.3) is 0 Å². The molecule has 1 N–H and O–H groups in total. The van der Waals surface area contributed by atoms with Crippen LogP contribution in [0.25, 0.3) is 0 Å². The van der Waals surface area contributed by atoms with Gasteiger partial charge in [0.15, 0.2) is 0 Å². The average molecular weight is 343 g/mol. The van der Waals surface area contributed by atoms with Crippen molar-refractivity contribution in [1.82, 2.24) is 0 Å². The van der Waals surface area contributed by atoms with Gasteiger partial charge in [-0.25, -0.2) is 0 Å². The highest BCUT2D eigenvalue weighted by atomic mass is 16.6. The number of nitro groups is 2. The van der Waals surface area contributed by atoms with Crippen LogP contribution in [0.15, 0.2) is 30.3 Å². The van der Waals surface area contributed by atoms with Gasteiger partial charge in [0, 0.05) is 29.8 Å². The Morgan fingerprint density at radius 3 is 2.52 bits per heavy atom. The molecule has 9 nitrogen and oxygen atoms in total. The highest BCUT2D eigenvalue weighted by molar-refractivity contribution is 5.94. The zero-order valence-electron chi connectivity index (χ0n) is 13.1. The van der Waals surface area contributed by atoms with Gasteiger partial charge in [-0.05, 0) is 25.0 Å². The van der Waals surface area contributed by atoms with Crippen LogP contribution in [-0.4, -0.2) is 15.8 Å². The molecule has 1 heterocycles. The van der Waals surface area contributed by atoms with Crippen LogP contribution in [-0.2, 0) is 11.2 Å². The quantitative estimate of drug-likeness (QED) is 0.669. The maximum Gasteiger partial charge on any atom is 0.314 e. The van der Waals surface area contributed by atoms with E-state index in [1.54, 1.807) is 19.1 Å². The number of anilines is 1. The molecule has 128 valence electrons. The van der Waals surface area contributed by atoms with Crippen molar-refractivity contribution in [3.8, 4) is 11.5 Å². The van der Waals surface area contributed by atoms with E-state index >= 15 is 0 Å².